The molecule has 0 aliphatic heterocycles. The van der Waals surface area contributed by atoms with Gasteiger partial charge >= 0.3 is 0 Å². The van der Waals surface area contributed by atoms with Crippen molar-refractivity contribution >= 4 is 0 Å². The third-order valence-electron chi connectivity index (χ3n) is 1.78. The Bertz CT molecular complexity index is 420. The van der Waals surface area contributed by atoms with E-state index in [9.17, 15) is 8.78 Å². The van der Waals surface area contributed by atoms with Crippen LogP contribution in [0.1, 0.15) is 0 Å². The molecule has 3 heteroatoms. The number of nitrogens with one attached hydrogen (secondary N) is 1. The monoisotopic (exact) mass is 179 g/mol. The van der Waals surface area contributed by atoms with Crippen LogP contribution in [0, 0.1) is 11.6 Å². The molecule has 13 heavy (non-hydrogen) atoms. The van der Waals surface area contributed by atoms with Gasteiger partial charge in [0.05, 0.1) is 0 Å². The van der Waals surface area contributed by atoms with E-state index in [1.54, 1.807) is 12.1 Å². The lowest BCUT2D eigenvalue weighted by molar-refractivity contribution is 0.627. The summed E-state index contributed by atoms with van der Waals surface area (Å²) in [4.78, 5) is 2.71. The summed E-state index contributed by atoms with van der Waals surface area (Å²) in [6.07, 6.45) is 1.24. The van der Waals surface area contributed by atoms with Gasteiger partial charge in [-0.25, -0.2) is 8.78 Å². The molecule has 0 fully saturated rings. The van der Waals surface area contributed by atoms with Crippen molar-refractivity contribution in [1.29, 1.82) is 0 Å². The van der Waals surface area contributed by atoms with E-state index in [4.69, 9.17) is 0 Å². The van der Waals surface area contributed by atoms with Crippen molar-refractivity contribution in [2.24, 2.45) is 0 Å². The number of benzene rings is 1. The number of hydrogen-bond donors (Lipinski definition) is 1. The highest BCUT2D eigenvalue weighted by Crippen LogP contribution is 2.18. The molecule has 0 bridgehead atoms. The zero-order valence-corrected chi connectivity index (χ0v) is 6.72. The number of aromatic nitrogens is 1. The SMILES string of the molecule is Fc1cccc(-c2cc(F)c[nH]2)c1. The Kier molecular flexibility index (Phi) is 1.85. The molecule has 2 rings (SSSR count). The van der Waals surface area contributed by atoms with E-state index in [2.05, 4.69) is 4.98 Å². The minimum absolute atomic E-state index is 0.326. The quantitative estimate of drug-likeness (QED) is 0.692. The molecular formula is C10H7F2N. The lowest BCUT2D eigenvalue weighted by atomic mass is 10.1. The van der Waals surface area contributed by atoms with Crippen molar-refractivity contribution in [1.82, 2.24) is 4.98 Å². The van der Waals surface area contributed by atoms with Gasteiger partial charge in [0.15, 0.2) is 0 Å². The summed E-state index contributed by atoms with van der Waals surface area (Å²) in [6.45, 7) is 0. The Hall–Kier alpha value is -1.64. The minimum Gasteiger partial charge on any atom is -0.359 e. The second kappa shape index (κ2) is 3.01. The summed E-state index contributed by atoms with van der Waals surface area (Å²) in [5.74, 6) is -0.674. The number of halogens is 2. The molecule has 0 aliphatic rings. The molecule has 0 saturated heterocycles. The number of aromatic amines is 1. The van der Waals surface area contributed by atoms with Crippen LogP contribution < -0.4 is 0 Å². The lowest BCUT2D eigenvalue weighted by Gasteiger charge is -1.96. The van der Waals surface area contributed by atoms with Crippen molar-refractivity contribution in [3.63, 3.8) is 0 Å². The van der Waals surface area contributed by atoms with Crippen molar-refractivity contribution in [2.75, 3.05) is 0 Å². The highest BCUT2D eigenvalue weighted by atomic mass is 19.1. The molecule has 0 radical (unpaired) electrons. The lowest BCUT2D eigenvalue weighted by Crippen LogP contribution is -1.78. The summed E-state index contributed by atoms with van der Waals surface area (Å²) in [7, 11) is 0. The second-order valence-corrected chi connectivity index (χ2v) is 2.74. The second-order valence-electron chi connectivity index (χ2n) is 2.74. The van der Waals surface area contributed by atoms with Crippen LogP contribution in [-0.2, 0) is 0 Å². The number of hydrogen-bond acceptors (Lipinski definition) is 0. The molecule has 2 aromatic rings. The average molecular weight is 179 g/mol. The molecule has 66 valence electrons. The molecule has 1 nitrogen and oxygen atoms in total. The van der Waals surface area contributed by atoms with Gasteiger partial charge in [-0.05, 0) is 18.2 Å². The summed E-state index contributed by atoms with van der Waals surface area (Å²) < 4.78 is 25.3. The number of rotatable bonds is 1. The van der Waals surface area contributed by atoms with E-state index in [-0.39, 0.29) is 11.6 Å². The van der Waals surface area contributed by atoms with E-state index >= 15 is 0 Å². The first-order valence-corrected chi connectivity index (χ1v) is 3.85. The van der Waals surface area contributed by atoms with E-state index in [0.717, 1.165) is 0 Å². The van der Waals surface area contributed by atoms with Gasteiger partial charge in [0.25, 0.3) is 0 Å². The molecule has 1 heterocycles. The zero-order valence-electron chi connectivity index (χ0n) is 6.72. The Labute approximate surface area is 74.0 Å². The molecule has 0 spiro atoms. The summed E-state index contributed by atoms with van der Waals surface area (Å²) in [5.41, 5.74) is 1.22. The average Bonchev–Trinajstić information content (AvgIpc) is 2.52. The molecule has 0 amide bonds. The highest BCUT2D eigenvalue weighted by molar-refractivity contribution is 5.59. The fraction of sp³-hybridized carbons (Fsp3) is 0. The predicted molar refractivity (Wildman–Crippen MR) is 46.1 cm³/mol. The van der Waals surface area contributed by atoms with E-state index in [0.29, 0.717) is 11.3 Å². The van der Waals surface area contributed by atoms with Crippen molar-refractivity contribution in [3.05, 3.63) is 48.2 Å². The topological polar surface area (TPSA) is 15.8 Å². The van der Waals surface area contributed by atoms with Gasteiger partial charge in [-0.15, -0.1) is 0 Å². The highest BCUT2D eigenvalue weighted by Gasteiger charge is 2.01. The van der Waals surface area contributed by atoms with Gasteiger partial charge in [0, 0.05) is 17.5 Å². The number of H-pyrrole nitrogens is 1. The first-order chi connectivity index (χ1) is 6.25. The maximum atomic E-state index is 12.8. The van der Waals surface area contributed by atoms with Crippen LogP contribution in [0.25, 0.3) is 11.3 Å². The summed E-state index contributed by atoms with van der Waals surface area (Å²) in [6, 6.07) is 7.33. The smallest absolute Gasteiger partial charge is 0.141 e. The van der Waals surface area contributed by atoms with E-state index in [1.807, 2.05) is 0 Å². The van der Waals surface area contributed by atoms with Crippen LogP contribution in [0.4, 0.5) is 8.78 Å². The normalized spacial score (nSPS) is 10.3. The van der Waals surface area contributed by atoms with E-state index in [1.165, 1.54) is 24.4 Å². The molecular weight excluding hydrogens is 172 g/mol. The van der Waals surface area contributed by atoms with E-state index < -0.39 is 0 Å². The van der Waals surface area contributed by atoms with Gasteiger partial charge in [-0.3, -0.25) is 0 Å². The van der Waals surface area contributed by atoms with Crippen molar-refractivity contribution < 1.29 is 8.78 Å². The maximum Gasteiger partial charge on any atom is 0.141 e. The Morgan fingerprint density at radius 1 is 1.00 bits per heavy atom. The maximum absolute atomic E-state index is 12.8. The largest absolute Gasteiger partial charge is 0.359 e. The van der Waals surface area contributed by atoms with Crippen LogP contribution in [0.3, 0.4) is 0 Å². The standard InChI is InChI=1S/C10H7F2N/c11-8-3-1-2-7(4-8)10-5-9(12)6-13-10/h1-6,13H. The van der Waals surface area contributed by atoms with Gasteiger partial charge < -0.3 is 4.98 Å². The molecule has 0 atom stereocenters. The Morgan fingerprint density at radius 3 is 2.46 bits per heavy atom. The third-order valence-corrected chi connectivity index (χ3v) is 1.78. The molecule has 1 aromatic heterocycles. The first kappa shape index (κ1) is 7.98. The molecule has 1 N–H and O–H groups in total. The van der Waals surface area contributed by atoms with Crippen LogP contribution in [0.15, 0.2) is 36.5 Å². The predicted octanol–water partition coefficient (Wildman–Crippen LogP) is 2.96. The fourth-order valence-corrected chi connectivity index (χ4v) is 1.19. The van der Waals surface area contributed by atoms with Crippen LogP contribution >= 0.6 is 0 Å². The third kappa shape index (κ3) is 1.59. The van der Waals surface area contributed by atoms with Gasteiger partial charge in [0.2, 0.25) is 0 Å². The van der Waals surface area contributed by atoms with Crippen molar-refractivity contribution in [2.45, 2.75) is 0 Å². The van der Waals surface area contributed by atoms with Crippen LogP contribution in [0.2, 0.25) is 0 Å². The van der Waals surface area contributed by atoms with Gasteiger partial charge in [0.1, 0.15) is 11.6 Å². The zero-order chi connectivity index (χ0) is 9.26. The van der Waals surface area contributed by atoms with Crippen LogP contribution in [-0.4, -0.2) is 4.98 Å². The fourth-order valence-electron chi connectivity index (χ4n) is 1.19. The molecule has 1 aromatic carbocycles. The minimum atomic E-state index is -0.348. The van der Waals surface area contributed by atoms with Gasteiger partial charge in [-0.1, -0.05) is 12.1 Å². The Balaban J connectivity index is 2.46. The molecule has 0 aliphatic carbocycles. The molecule has 0 unspecified atom stereocenters. The summed E-state index contributed by atoms with van der Waals surface area (Å²) >= 11 is 0. The van der Waals surface area contributed by atoms with Crippen LogP contribution in [0.5, 0.6) is 0 Å². The van der Waals surface area contributed by atoms with Crippen molar-refractivity contribution in [3.8, 4) is 11.3 Å². The van der Waals surface area contributed by atoms with Gasteiger partial charge in [-0.2, -0.15) is 0 Å². The first-order valence-electron chi connectivity index (χ1n) is 3.85. The Morgan fingerprint density at radius 2 is 1.85 bits per heavy atom. The molecule has 0 saturated carbocycles. The summed E-state index contributed by atoms with van der Waals surface area (Å²) in [5, 5.41) is 0.